The summed E-state index contributed by atoms with van der Waals surface area (Å²) >= 11 is 0. The largest absolute Gasteiger partial charge is 0.310 e. The number of rotatable bonds is 8. The number of benzene rings is 7. The topological polar surface area (TPSA) is 6.48 Å². The van der Waals surface area contributed by atoms with Crippen molar-refractivity contribution in [2.24, 2.45) is 0 Å². The van der Waals surface area contributed by atoms with E-state index in [4.69, 9.17) is 0 Å². The van der Waals surface area contributed by atoms with Crippen molar-refractivity contribution in [1.29, 1.82) is 0 Å². The van der Waals surface area contributed by atoms with E-state index in [1.807, 2.05) is 0 Å². The first-order valence-corrected chi connectivity index (χ1v) is 27.6. The zero-order chi connectivity index (χ0) is 40.6. The third-order valence-electron chi connectivity index (χ3n) is 13.2. The van der Waals surface area contributed by atoms with Gasteiger partial charge in [0.1, 0.15) is 0 Å². The second-order valence-corrected chi connectivity index (χ2v) is 29.6. The Kier molecular flexibility index (Phi) is 9.53. The van der Waals surface area contributed by atoms with E-state index in [0.717, 1.165) is 0 Å². The molecule has 0 aromatic heterocycles. The van der Waals surface area contributed by atoms with E-state index >= 15 is 0 Å². The Morgan fingerprint density at radius 3 is 1.32 bits per heavy atom. The molecular weight excluding hydrogens is 721 g/mol. The molecule has 4 heteroatoms. The minimum absolute atomic E-state index is 0.0810. The highest BCUT2D eigenvalue weighted by molar-refractivity contribution is 6.99. The third-order valence-corrected chi connectivity index (χ3v) is 23.3. The van der Waals surface area contributed by atoms with Crippen molar-refractivity contribution in [3.05, 3.63) is 178 Å². The molecule has 0 aliphatic heterocycles. The zero-order valence-corrected chi connectivity index (χ0v) is 38.1. The van der Waals surface area contributed by atoms with Crippen LogP contribution >= 0.6 is 0 Å². The molecule has 0 heterocycles. The highest BCUT2D eigenvalue weighted by Crippen LogP contribution is 2.62. The predicted molar refractivity (Wildman–Crippen MR) is 255 cm³/mol. The van der Waals surface area contributed by atoms with Gasteiger partial charge in [-0.25, -0.2) is 0 Å². The molecule has 0 N–H and O–H groups in total. The Morgan fingerprint density at radius 1 is 0.386 bits per heavy atom. The van der Waals surface area contributed by atoms with Gasteiger partial charge in [0.05, 0.1) is 21.8 Å². The number of aryl methyl sites for hydroxylation is 4. The average Bonchev–Trinajstić information content (AvgIpc) is 3.48. The molecule has 0 saturated heterocycles. The van der Waals surface area contributed by atoms with Gasteiger partial charge in [-0.1, -0.05) is 106 Å². The molecule has 0 unspecified atom stereocenters. The van der Waals surface area contributed by atoms with E-state index < -0.39 is 16.1 Å². The fourth-order valence-electron chi connectivity index (χ4n) is 10.5. The second-order valence-electron chi connectivity index (χ2n) is 18.6. The average molecular weight is 779 g/mol. The molecule has 0 spiro atoms. The van der Waals surface area contributed by atoms with Gasteiger partial charge in [-0.05, 0) is 169 Å². The van der Waals surface area contributed by atoms with Crippen LogP contribution in [0.4, 0.5) is 34.1 Å². The summed E-state index contributed by atoms with van der Waals surface area (Å²) in [5, 5.41) is 2.62. The molecule has 7 aromatic rings. The van der Waals surface area contributed by atoms with Gasteiger partial charge in [-0.3, -0.25) is 0 Å². The maximum absolute atomic E-state index is 2.65. The van der Waals surface area contributed by atoms with Gasteiger partial charge in [0, 0.05) is 38.5 Å². The quantitative estimate of drug-likeness (QED) is 0.142. The molecular formula is C53H58N2Si2. The predicted octanol–water partition coefficient (Wildman–Crippen LogP) is 15.7. The lowest BCUT2D eigenvalue weighted by Crippen LogP contribution is -2.63. The lowest BCUT2D eigenvalue weighted by molar-refractivity contribution is 0.951. The number of anilines is 6. The van der Waals surface area contributed by atoms with Crippen molar-refractivity contribution >= 4 is 61.0 Å². The normalized spacial score (nSPS) is 13.4. The van der Waals surface area contributed by atoms with Gasteiger partial charge in [-0.2, -0.15) is 0 Å². The van der Waals surface area contributed by atoms with E-state index in [2.05, 4.69) is 224 Å². The van der Waals surface area contributed by atoms with Gasteiger partial charge in [0.2, 0.25) is 0 Å². The molecule has 0 saturated carbocycles. The minimum Gasteiger partial charge on any atom is -0.310 e. The fraction of sp³-hybridized carbons (Fsp3) is 0.245. The smallest absolute Gasteiger partial charge is 0.0579 e. The van der Waals surface area contributed by atoms with Gasteiger partial charge in [0.25, 0.3) is 0 Å². The zero-order valence-electron chi connectivity index (χ0n) is 36.1. The molecule has 0 amide bonds. The van der Waals surface area contributed by atoms with Gasteiger partial charge < -0.3 is 9.80 Å². The number of hydrogen-bond acceptors (Lipinski definition) is 2. The van der Waals surface area contributed by atoms with Crippen LogP contribution in [0.2, 0.25) is 39.3 Å². The number of nitrogens with zero attached hydrogens (tertiary/aromatic N) is 2. The second kappa shape index (κ2) is 14.0. The van der Waals surface area contributed by atoms with Crippen LogP contribution in [0.15, 0.2) is 133 Å². The van der Waals surface area contributed by atoms with E-state index in [1.165, 1.54) is 101 Å². The standard InChI is InChI=1S/C53H58N2Si2/c1-35-29-44(30-36(2)39(35)5)54(41-21-15-13-16-22-41)43-27-28-48-49(33-43)53(56(7,8)9,57(10,11)12)50-34-51(46-25-19-20-26-47(46)52(48)50)55(42-23-17-14-18-24-42)45-31-37(3)40(6)38(4)32-45/h13-34H,1-12H3. The van der Waals surface area contributed by atoms with Crippen molar-refractivity contribution in [3.63, 3.8) is 0 Å². The monoisotopic (exact) mass is 778 g/mol. The Labute approximate surface area is 343 Å². The lowest BCUT2D eigenvalue weighted by atomic mass is 9.95. The first-order valence-electron chi connectivity index (χ1n) is 20.6. The first kappa shape index (κ1) is 38.7. The van der Waals surface area contributed by atoms with Crippen LogP contribution in [0, 0.1) is 41.5 Å². The maximum atomic E-state index is 2.65. The maximum Gasteiger partial charge on any atom is 0.0579 e. The Bertz CT molecular complexity index is 2600. The van der Waals surface area contributed by atoms with Gasteiger partial charge >= 0.3 is 0 Å². The van der Waals surface area contributed by atoms with Gasteiger partial charge in [0.15, 0.2) is 0 Å². The van der Waals surface area contributed by atoms with E-state index in [-0.39, 0.29) is 4.66 Å². The van der Waals surface area contributed by atoms with Crippen LogP contribution in [0.1, 0.15) is 44.5 Å². The Balaban J connectivity index is 1.48. The summed E-state index contributed by atoms with van der Waals surface area (Å²) in [4.78, 5) is 5.03. The van der Waals surface area contributed by atoms with Crippen LogP contribution in [0.5, 0.6) is 0 Å². The number of fused-ring (bicyclic) bond motifs is 5. The molecule has 2 nitrogen and oxygen atoms in total. The molecule has 0 atom stereocenters. The molecule has 8 rings (SSSR count). The molecule has 0 bridgehead atoms. The highest BCUT2D eigenvalue weighted by atomic mass is 28.4. The molecule has 0 fully saturated rings. The van der Waals surface area contributed by atoms with Crippen LogP contribution in [0.25, 0.3) is 21.9 Å². The summed E-state index contributed by atoms with van der Waals surface area (Å²) in [5.74, 6) is 0. The van der Waals surface area contributed by atoms with Gasteiger partial charge in [-0.15, -0.1) is 0 Å². The van der Waals surface area contributed by atoms with Crippen molar-refractivity contribution in [1.82, 2.24) is 0 Å². The van der Waals surface area contributed by atoms with E-state index in [0.29, 0.717) is 0 Å². The molecule has 1 aliphatic rings. The number of para-hydroxylation sites is 2. The van der Waals surface area contributed by atoms with Crippen LogP contribution in [-0.2, 0) is 4.66 Å². The SMILES string of the molecule is Cc1cc(N(c2ccccc2)c2ccc3c(c2)C([Si](C)(C)C)([Si](C)(C)C)c2cc(N(c4ccccc4)c4cc(C)c(C)c(C)c4)c4ccccc4c2-3)cc(C)c1C. The van der Waals surface area contributed by atoms with Crippen LogP contribution in [0.3, 0.4) is 0 Å². The summed E-state index contributed by atoms with van der Waals surface area (Å²) < 4.78 is -0.0810. The Hall–Kier alpha value is -5.17. The van der Waals surface area contributed by atoms with Crippen molar-refractivity contribution in [2.45, 2.75) is 85.5 Å². The van der Waals surface area contributed by atoms with Crippen molar-refractivity contribution in [3.8, 4) is 11.1 Å². The molecule has 1 aliphatic carbocycles. The molecule has 0 radical (unpaired) electrons. The lowest BCUT2D eigenvalue weighted by Gasteiger charge is -2.51. The summed E-state index contributed by atoms with van der Waals surface area (Å²) in [6, 6.07) is 50.8. The molecule has 57 heavy (non-hydrogen) atoms. The Morgan fingerprint density at radius 2 is 0.825 bits per heavy atom. The summed E-state index contributed by atoms with van der Waals surface area (Å²) in [7, 11) is -4.12. The highest BCUT2D eigenvalue weighted by Gasteiger charge is 2.59. The van der Waals surface area contributed by atoms with E-state index in [9.17, 15) is 0 Å². The fourth-order valence-corrected chi connectivity index (χ4v) is 23.6. The minimum atomic E-state index is -2.06. The summed E-state index contributed by atoms with van der Waals surface area (Å²) in [6.07, 6.45) is 0. The first-order chi connectivity index (χ1) is 27.0. The molecule has 288 valence electrons. The summed E-state index contributed by atoms with van der Waals surface area (Å²) in [6.45, 7) is 29.3. The van der Waals surface area contributed by atoms with Crippen molar-refractivity contribution < 1.29 is 0 Å². The summed E-state index contributed by atoms with van der Waals surface area (Å²) in [5.41, 5.74) is 21.1. The van der Waals surface area contributed by atoms with Crippen LogP contribution in [-0.4, -0.2) is 16.1 Å². The van der Waals surface area contributed by atoms with E-state index in [1.54, 1.807) is 0 Å². The van der Waals surface area contributed by atoms with Crippen LogP contribution < -0.4 is 9.80 Å². The van der Waals surface area contributed by atoms with Crippen molar-refractivity contribution in [2.75, 3.05) is 9.80 Å². The number of hydrogen-bond donors (Lipinski definition) is 0. The third kappa shape index (κ3) is 6.11. The molecule has 7 aromatic carbocycles.